The highest BCUT2D eigenvalue weighted by atomic mass is 79.9. The maximum Gasteiger partial charge on any atom is 0.334 e. The molecule has 24 heavy (non-hydrogen) atoms. The molecular formula is C17H12BrN3O2S. The third-order valence-electron chi connectivity index (χ3n) is 3.97. The van der Waals surface area contributed by atoms with Gasteiger partial charge in [-0.05, 0) is 29.8 Å². The van der Waals surface area contributed by atoms with E-state index in [4.69, 9.17) is 0 Å². The quantitative estimate of drug-likeness (QED) is 0.604. The Hall–Kier alpha value is -2.25. The second kappa shape index (κ2) is 5.68. The Bertz CT molecular complexity index is 938. The summed E-state index contributed by atoms with van der Waals surface area (Å²) in [6, 6.07) is 14.0. The number of carbonyl (C=O) groups excluding carboxylic acids is 2. The molecule has 2 aromatic carbocycles. The summed E-state index contributed by atoms with van der Waals surface area (Å²) in [5.41, 5.74) is 1.56. The van der Waals surface area contributed by atoms with Crippen molar-refractivity contribution >= 4 is 54.6 Å². The van der Waals surface area contributed by atoms with Gasteiger partial charge in [0.25, 0.3) is 5.91 Å². The summed E-state index contributed by atoms with van der Waals surface area (Å²) in [5, 5.41) is 0.413. The number of likely N-dealkylation sites (N-methyl/N-ethyl adjacent to an activating group) is 1. The second-order valence-electron chi connectivity index (χ2n) is 5.49. The number of fused-ring (bicyclic) bond motifs is 1. The number of imide groups is 1. The van der Waals surface area contributed by atoms with Gasteiger partial charge in [-0.15, -0.1) is 0 Å². The van der Waals surface area contributed by atoms with Gasteiger partial charge >= 0.3 is 6.03 Å². The molecule has 1 atom stereocenters. The van der Waals surface area contributed by atoms with E-state index in [0.717, 1.165) is 20.3 Å². The second-order valence-corrected chi connectivity index (χ2v) is 7.41. The molecule has 4 rings (SSSR count). The van der Waals surface area contributed by atoms with E-state index in [1.54, 1.807) is 7.05 Å². The summed E-state index contributed by atoms with van der Waals surface area (Å²) in [4.78, 5) is 32.7. The Morgan fingerprint density at radius 2 is 1.92 bits per heavy atom. The SMILES string of the molecule is CN1C(=O)N(c2nc3ccccc3s2)C(=O)[C@@H]1c1cccc(Br)c1. The highest BCUT2D eigenvalue weighted by Crippen LogP contribution is 2.37. The Kier molecular flexibility index (Phi) is 3.62. The van der Waals surface area contributed by atoms with Crippen LogP contribution in [0.25, 0.3) is 10.2 Å². The lowest BCUT2D eigenvalue weighted by atomic mass is 10.1. The minimum atomic E-state index is -0.637. The molecule has 120 valence electrons. The van der Waals surface area contributed by atoms with E-state index < -0.39 is 6.04 Å². The van der Waals surface area contributed by atoms with Gasteiger partial charge in [-0.2, -0.15) is 0 Å². The number of urea groups is 1. The average molecular weight is 402 g/mol. The number of nitrogens with zero attached hydrogens (tertiary/aromatic N) is 3. The number of para-hydroxylation sites is 1. The predicted molar refractivity (Wildman–Crippen MR) is 97.1 cm³/mol. The van der Waals surface area contributed by atoms with Crippen LogP contribution >= 0.6 is 27.3 Å². The van der Waals surface area contributed by atoms with Crippen LogP contribution in [0.15, 0.2) is 53.0 Å². The topological polar surface area (TPSA) is 53.5 Å². The number of amides is 3. The fourth-order valence-electron chi connectivity index (χ4n) is 2.83. The van der Waals surface area contributed by atoms with Crippen molar-refractivity contribution in [2.75, 3.05) is 11.9 Å². The highest BCUT2D eigenvalue weighted by molar-refractivity contribution is 9.10. The molecule has 1 aromatic heterocycles. The summed E-state index contributed by atoms with van der Waals surface area (Å²) in [7, 11) is 1.64. The summed E-state index contributed by atoms with van der Waals surface area (Å²) >= 11 is 4.75. The minimum Gasteiger partial charge on any atom is -0.311 e. The first-order valence-electron chi connectivity index (χ1n) is 7.28. The monoisotopic (exact) mass is 401 g/mol. The van der Waals surface area contributed by atoms with Crippen molar-refractivity contribution in [1.82, 2.24) is 9.88 Å². The highest BCUT2D eigenvalue weighted by Gasteiger charge is 2.46. The van der Waals surface area contributed by atoms with Gasteiger partial charge in [0.1, 0.15) is 6.04 Å². The van der Waals surface area contributed by atoms with Crippen molar-refractivity contribution in [3.63, 3.8) is 0 Å². The van der Waals surface area contributed by atoms with Gasteiger partial charge in [0.2, 0.25) is 5.13 Å². The zero-order chi connectivity index (χ0) is 16.8. The summed E-state index contributed by atoms with van der Waals surface area (Å²) in [6.07, 6.45) is 0. The molecule has 1 saturated heterocycles. The van der Waals surface area contributed by atoms with Crippen LogP contribution in [0.5, 0.6) is 0 Å². The Morgan fingerprint density at radius 1 is 1.12 bits per heavy atom. The molecule has 0 saturated carbocycles. The molecule has 0 radical (unpaired) electrons. The number of benzene rings is 2. The molecule has 3 aromatic rings. The fourth-order valence-corrected chi connectivity index (χ4v) is 4.21. The number of aromatic nitrogens is 1. The molecular weight excluding hydrogens is 390 g/mol. The van der Waals surface area contributed by atoms with Gasteiger partial charge in [0.15, 0.2) is 0 Å². The predicted octanol–water partition coefficient (Wildman–Crippen LogP) is 4.20. The molecule has 0 bridgehead atoms. The zero-order valence-electron chi connectivity index (χ0n) is 12.6. The first kappa shape index (κ1) is 15.3. The van der Waals surface area contributed by atoms with Crippen LogP contribution in [0.1, 0.15) is 11.6 Å². The number of halogens is 1. The van der Waals surface area contributed by atoms with Crippen molar-refractivity contribution in [1.29, 1.82) is 0 Å². The van der Waals surface area contributed by atoms with E-state index in [1.165, 1.54) is 21.1 Å². The van der Waals surface area contributed by atoms with Gasteiger partial charge in [-0.25, -0.2) is 14.7 Å². The zero-order valence-corrected chi connectivity index (χ0v) is 15.0. The van der Waals surface area contributed by atoms with Crippen molar-refractivity contribution < 1.29 is 9.59 Å². The molecule has 5 nitrogen and oxygen atoms in total. The van der Waals surface area contributed by atoms with Crippen LogP contribution < -0.4 is 4.90 Å². The Labute approximate surface area is 150 Å². The third-order valence-corrected chi connectivity index (χ3v) is 5.49. The molecule has 0 aliphatic carbocycles. The normalized spacial score (nSPS) is 18.0. The van der Waals surface area contributed by atoms with Gasteiger partial charge in [-0.3, -0.25) is 4.79 Å². The first-order valence-corrected chi connectivity index (χ1v) is 8.89. The molecule has 1 aliphatic rings. The van der Waals surface area contributed by atoms with Crippen LogP contribution in [-0.2, 0) is 4.79 Å². The minimum absolute atomic E-state index is 0.278. The van der Waals surface area contributed by atoms with Crippen LogP contribution in [0, 0.1) is 0 Å². The lowest BCUT2D eigenvalue weighted by Gasteiger charge is -2.16. The van der Waals surface area contributed by atoms with E-state index in [0.29, 0.717) is 5.13 Å². The van der Waals surface area contributed by atoms with Gasteiger partial charge in [0.05, 0.1) is 10.2 Å². The van der Waals surface area contributed by atoms with E-state index in [2.05, 4.69) is 20.9 Å². The summed E-state index contributed by atoms with van der Waals surface area (Å²) in [5.74, 6) is -0.278. The third kappa shape index (κ3) is 2.32. The van der Waals surface area contributed by atoms with Crippen LogP contribution in [0.2, 0.25) is 0 Å². The van der Waals surface area contributed by atoms with Crippen molar-refractivity contribution in [3.8, 4) is 0 Å². The molecule has 0 unspecified atom stereocenters. The number of hydrogen-bond donors (Lipinski definition) is 0. The van der Waals surface area contributed by atoms with Crippen LogP contribution in [-0.4, -0.2) is 28.9 Å². The first-order chi connectivity index (χ1) is 11.6. The fraction of sp³-hybridized carbons (Fsp3) is 0.118. The van der Waals surface area contributed by atoms with Gasteiger partial charge in [-0.1, -0.05) is 51.5 Å². The number of rotatable bonds is 2. The van der Waals surface area contributed by atoms with Gasteiger partial charge in [0, 0.05) is 11.5 Å². The summed E-state index contributed by atoms with van der Waals surface area (Å²) in [6.45, 7) is 0. The lowest BCUT2D eigenvalue weighted by molar-refractivity contribution is -0.119. The lowest BCUT2D eigenvalue weighted by Crippen LogP contribution is -2.31. The van der Waals surface area contributed by atoms with E-state index in [9.17, 15) is 9.59 Å². The number of thiazole rings is 1. The number of hydrogen-bond acceptors (Lipinski definition) is 4. The molecule has 3 amide bonds. The van der Waals surface area contributed by atoms with Crippen molar-refractivity contribution in [2.45, 2.75) is 6.04 Å². The number of anilines is 1. The Morgan fingerprint density at radius 3 is 2.67 bits per heavy atom. The molecule has 7 heteroatoms. The molecule has 1 fully saturated rings. The van der Waals surface area contributed by atoms with Crippen molar-refractivity contribution in [2.24, 2.45) is 0 Å². The molecule has 0 N–H and O–H groups in total. The average Bonchev–Trinajstić information content (AvgIpc) is 3.07. The largest absolute Gasteiger partial charge is 0.334 e. The maximum atomic E-state index is 12.9. The molecule has 0 spiro atoms. The van der Waals surface area contributed by atoms with Crippen LogP contribution in [0.3, 0.4) is 0 Å². The van der Waals surface area contributed by atoms with E-state index in [-0.39, 0.29) is 11.9 Å². The van der Waals surface area contributed by atoms with E-state index in [1.807, 2.05) is 48.5 Å². The van der Waals surface area contributed by atoms with E-state index >= 15 is 0 Å². The van der Waals surface area contributed by atoms with Crippen LogP contribution in [0.4, 0.5) is 9.93 Å². The molecule has 2 heterocycles. The smallest absolute Gasteiger partial charge is 0.311 e. The summed E-state index contributed by atoms with van der Waals surface area (Å²) < 4.78 is 1.81. The molecule has 1 aliphatic heterocycles. The Balaban J connectivity index is 1.77. The maximum absolute atomic E-state index is 12.9. The number of carbonyl (C=O) groups is 2. The van der Waals surface area contributed by atoms with Crippen molar-refractivity contribution in [3.05, 3.63) is 58.6 Å². The van der Waals surface area contributed by atoms with Gasteiger partial charge < -0.3 is 4.90 Å². The standard InChI is InChI=1S/C17H12BrN3O2S/c1-20-14(10-5-4-6-11(18)9-10)15(22)21(17(20)23)16-19-12-7-2-3-8-13(12)24-16/h2-9,14H,1H3/t14-/m0/s1.